The molecule has 2 atom stereocenters. The van der Waals surface area contributed by atoms with Crippen LogP contribution in [-0.4, -0.2) is 18.8 Å². The molecule has 0 aromatic heterocycles. The number of halogens is 1. The molecule has 3 rings (SSSR count). The molecule has 0 unspecified atom stereocenters. The van der Waals surface area contributed by atoms with E-state index in [4.69, 9.17) is 4.74 Å². The Kier molecular flexibility index (Phi) is 6.33. The van der Waals surface area contributed by atoms with Crippen molar-refractivity contribution in [3.8, 4) is 0 Å². The van der Waals surface area contributed by atoms with Crippen LogP contribution in [0.25, 0.3) is 0 Å². The van der Waals surface area contributed by atoms with Gasteiger partial charge in [-0.2, -0.15) is 0 Å². The molecule has 1 heterocycles. The van der Waals surface area contributed by atoms with Gasteiger partial charge in [0.15, 0.2) is 0 Å². The average molecular weight is 370 g/mol. The van der Waals surface area contributed by atoms with Gasteiger partial charge in [0.1, 0.15) is 5.82 Å². The molecule has 1 saturated heterocycles. The van der Waals surface area contributed by atoms with E-state index in [1.54, 1.807) is 0 Å². The summed E-state index contributed by atoms with van der Waals surface area (Å²) in [7, 11) is 0. The van der Waals surface area contributed by atoms with Gasteiger partial charge in [0.05, 0.1) is 5.60 Å². The van der Waals surface area contributed by atoms with E-state index >= 15 is 0 Å². The van der Waals surface area contributed by atoms with Crippen molar-refractivity contribution in [2.24, 2.45) is 0 Å². The SMILES string of the molecule is CC[C@]1(C)C[C@@](CCNCc2ccc(F)cc2)(c2ccc(C)cc2)CCO1. The van der Waals surface area contributed by atoms with E-state index in [1.807, 2.05) is 12.1 Å². The molecular weight excluding hydrogens is 337 g/mol. The van der Waals surface area contributed by atoms with Crippen molar-refractivity contribution in [1.82, 2.24) is 5.32 Å². The topological polar surface area (TPSA) is 21.3 Å². The summed E-state index contributed by atoms with van der Waals surface area (Å²) in [4.78, 5) is 0. The van der Waals surface area contributed by atoms with Crippen LogP contribution in [0.1, 0.15) is 56.2 Å². The maximum absolute atomic E-state index is 13.1. The Hall–Kier alpha value is -1.71. The second-order valence-corrected chi connectivity index (χ2v) is 8.28. The first-order valence-electron chi connectivity index (χ1n) is 10.1. The molecule has 2 aromatic rings. The van der Waals surface area contributed by atoms with Crippen LogP contribution in [0.4, 0.5) is 4.39 Å². The number of benzene rings is 2. The lowest BCUT2D eigenvalue weighted by Crippen LogP contribution is -2.46. The Morgan fingerprint density at radius 2 is 1.78 bits per heavy atom. The lowest BCUT2D eigenvalue weighted by atomic mass is 9.66. The molecule has 1 aliphatic heterocycles. The quantitative estimate of drug-likeness (QED) is 0.648. The molecule has 146 valence electrons. The van der Waals surface area contributed by atoms with Crippen molar-refractivity contribution >= 4 is 0 Å². The first kappa shape index (κ1) is 20.0. The van der Waals surface area contributed by atoms with E-state index in [-0.39, 0.29) is 16.8 Å². The Bertz CT molecular complexity index is 727. The molecule has 0 bridgehead atoms. The minimum absolute atomic E-state index is 0.0555. The van der Waals surface area contributed by atoms with Gasteiger partial charge in [-0.25, -0.2) is 4.39 Å². The van der Waals surface area contributed by atoms with Crippen molar-refractivity contribution in [1.29, 1.82) is 0 Å². The maximum atomic E-state index is 13.1. The van der Waals surface area contributed by atoms with Crippen molar-refractivity contribution in [2.75, 3.05) is 13.2 Å². The first-order valence-corrected chi connectivity index (χ1v) is 10.1. The van der Waals surface area contributed by atoms with Crippen LogP contribution in [-0.2, 0) is 16.7 Å². The predicted molar refractivity (Wildman–Crippen MR) is 109 cm³/mol. The summed E-state index contributed by atoms with van der Waals surface area (Å²) in [5, 5.41) is 3.56. The van der Waals surface area contributed by atoms with E-state index in [9.17, 15) is 4.39 Å². The molecule has 0 amide bonds. The number of rotatable bonds is 7. The Balaban J connectivity index is 1.70. The molecule has 3 heteroatoms. The number of hydrogen-bond acceptors (Lipinski definition) is 2. The maximum Gasteiger partial charge on any atom is 0.123 e. The molecule has 0 saturated carbocycles. The molecule has 0 radical (unpaired) electrons. The third-order valence-electron chi connectivity index (χ3n) is 6.18. The summed E-state index contributed by atoms with van der Waals surface area (Å²) in [6.45, 7) is 9.13. The molecule has 27 heavy (non-hydrogen) atoms. The van der Waals surface area contributed by atoms with Crippen LogP contribution in [0, 0.1) is 12.7 Å². The Morgan fingerprint density at radius 3 is 2.44 bits per heavy atom. The van der Waals surface area contributed by atoms with Gasteiger partial charge in [-0.1, -0.05) is 48.9 Å². The van der Waals surface area contributed by atoms with Crippen molar-refractivity contribution in [2.45, 2.75) is 64.0 Å². The van der Waals surface area contributed by atoms with Gasteiger partial charge in [-0.15, -0.1) is 0 Å². The van der Waals surface area contributed by atoms with Gasteiger partial charge in [0.2, 0.25) is 0 Å². The van der Waals surface area contributed by atoms with Crippen LogP contribution in [0.3, 0.4) is 0 Å². The van der Waals surface area contributed by atoms with Gasteiger partial charge in [-0.3, -0.25) is 0 Å². The van der Waals surface area contributed by atoms with Gasteiger partial charge >= 0.3 is 0 Å². The second-order valence-electron chi connectivity index (χ2n) is 8.28. The highest BCUT2D eigenvalue weighted by atomic mass is 19.1. The fraction of sp³-hybridized carbons (Fsp3) is 0.500. The predicted octanol–water partition coefficient (Wildman–Crippen LogP) is 5.53. The lowest BCUT2D eigenvalue weighted by Gasteiger charge is -2.47. The summed E-state index contributed by atoms with van der Waals surface area (Å²) in [6, 6.07) is 15.8. The fourth-order valence-corrected chi connectivity index (χ4v) is 4.25. The monoisotopic (exact) mass is 369 g/mol. The highest BCUT2D eigenvalue weighted by molar-refractivity contribution is 5.30. The third-order valence-corrected chi connectivity index (χ3v) is 6.18. The van der Waals surface area contributed by atoms with Crippen LogP contribution in [0.5, 0.6) is 0 Å². The zero-order valence-electron chi connectivity index (χ0n) is 16.9. The van der Waals surface area contributed by atoms with Crippen molar-refractivity contribution < 1.29 is 9.13 Å². The number of ether oxygens (including phenoxy) is 1. The molecule has 2 aromatic carbocycles. The van der Waals surface area contributed by atoms with Crippen molar-refractivity contribution in [3.05, 3.63) is 71.0 Å². The molecule has 1 N–H and O–H groups in total. The number of hydrogen-bond donors (Lipinski definition) is 1. The summed E-state index contributed by atoms with van der Waals surface area (Å²) in [5.74, 6) is -0.182. The standard InChI is InChI=1S/C24H32FNO/c1-4-23(3)18-24(14-16-27-23,21-9-5-19(2)6-10-21)13-15-26-17-20-7-11-22(25)12-8-20/h5-12,26H,4,13-18H2,1-3H3/t23-,24+/m1/s1. The summed E-state index contributed by atoms with van der Waals surface area (Å²) < 4.78 is 19.2. The molecule has 0 spiro atoms. The van der Waals surface area contributed by atoms with Crippen LogP contribution in [0.15, 0.2) is 48.5 Å². The van der Waals surface area contributed by atoms with Gasteiger partial charge < -0.3 is 10.1 Å². The van der Waals surface area contributed by atoms with Crippen LogP contribution in [0.2, 0.25) is 0 Å². The average Bonchev–Trinajstić information content (AvgIpc) is 2.67. The van der Waals surface area contributed by atoms with E-state index in [0.717, 1.165) is 50.9 Å². The van der Waals surface area contributed by atoms with Crippen LogP contribution < -0.4 is 5.32 Å². The smallest absolute Gasteiger partial charge is 0.123 e. The highest BCUT2D eigenvalue weighted by Gasteiger charge is 2.43. The highest BCUT2D eigenvalue weighted by Crippen LogP contribution is 2.45. The van der Waals surface area contributed by atoms with E-state index in [2.05, 4.69) is 50.4 Å². The third kappa shape index (κ3) is 4.97. The zero-order chi connectivity index (χ0) is 19.3. The lowest BCUT2D eigenvalue weighted by molar-refractivity contribution is -0.0979. The molecule has 1 aliphatic rings. The first-order chi connectivity index (χ1) is 12.9. The summed E-state index contributed by atoms with van der Waals surface area (Å²) >= 11 is 0. The normalized spacial score (nSPS) is 25.5. The minimum Gasteiger partial charge on any atom is -0.375 e. The fourth-order valence-electron chi connectivity index (χ4n) is 4.25. The molecule has 2 nitrogen and oxygen atoms in total. The largest absolute Gasteiger partial charge is 0.375 e. The Morgan fingerprint density at radius 1 is 1.07 bits per heavy atom. The van der Waals surface area contributed by atoms with Gasteiger partial charge in [0.25, 0.3) is 0 Å². The minimum atomic E-state index is -0.182. The van der Waals surface area contributed by atoms with Crippen LogP contribution >= 0.6 is 0 Å². The van der Waals surface area contributed by atoms with Crippen molar-refractivity contribution in [3.63, 3.8) is 0 Å². The summed E-state index contributed by atoms with van der Waals surface area (Å²) in [5.41, 5.74) is 3.94. The van der Waals surface area contributed by atoms with E-state index in [1.165, 1.54) is 23.3 Å². The molecule has 0 aliphatic carbocycles. The summed E-state index contributed by atoms with van der Waals surface area (Å²) in [6.07, 6.45) is 4.22. The zero-order valence-corrected chi connectivity index (χ0v) is 16.9. The second kappa shape index (κ2) is 8.53. The number of nitrogens with one attached hydrogen (secondary N) is 1. The molecule has 1 fully saturated rings. The van der Waals surface area contributed by atoms with Gasteiger partial charge in [-0.05, 0) is 69.3 Å². The Labute approximate surface area is 163 Å². The number of aryl methyl sites for hydroxylation is 1. The van der Waals surface area contributed by atoms with E-state index < -0.39 is 0 Å². The van der Waals surface area contributed by atoms with Gasteiger partial charge in [0, 0.05) is 18.6 Å². The molecular formula is C24H32FNO. The van der Waals surface area contributed by atoms with E-state index in [0.29, 0.717) is 0 Å².